The normalized spacial score (nSPS) is 10.1. The summed E-state index contributed by atoms with van der Waals surface area (Å²) < 4.78 is 5.56. The molecule has 122 valence electrons. The second-order valence-electron chi connectivity index (χ2n) is 5.43. The van der Waals surface area contributed by atoms with Gasteiger partial charge in [-0.3, -0.25) is 0 Å². The van der Waals surface area contributed by atoms with Crippen LogP contribution in [0.5, 0.6) is 5.75 Å². The number of carbonyl (C=O) groups excluding carboxylic acids is 1. The summed E-state index contributed by atoms with van der Waals surface area (Å²) in [6.07, 6.45) is 1.62. The highest BCUT2D eigenvalue weighted by Gasteiger charge is 2.00. The summed E-state index contributed by atoms with van der Waals surface area (Å²) in [7, 11) is 0. The molecule has 2 amide bonds. The van der Waals surface area contributed by atoms with Crippen molar-refractivity contribution in [3.8, 4) is 5.75 Å². The van der Waals surface area contributed by atoms with Crippen molar-refractivity contribution >= 4 is 6.03 Å². The molecular weight excluding hydrogens is 288 g/mol. The van der Waals surface area contributed by atoms with Gasteiger partial charge in [-0.05, 0) is 37.5 Å². The molecule has 2 aromatic carbocycles. The lowest BCUT2D eigenvalue weighted by molar-refractivity contribution is 0.239. The molecule has 0 unspecified atom stereocenters. The molecule has 23 heavy (non-hydrogen) atoms. The predicted octanol–water partition coefficient (Wildman–Crippen LogP) is 3.31. The zero-order chi connectivity index (χ0) is 16.3. The van der Waals surface area contributed by atoms with E-state index in [-0.39, 0.29) is 6.03 Å². The highest BCUT2D eigenvalue weighted by molar-refractivity contribution is 5.73. The molecule has 2 aromatic rings. The third kappa shape index (κ3) is 6.87. The van der Waals surface area contributed by atoms with E-state index in [1.54, 1.807) is 0 Å². The SMILES string of the molecule is Cc1ccc(CCNC(=O)NCCCOc2ccccc2)cc1. The molecule has 0 radical (unpaired) electrons. The maximum absolute atomic E-state index is 11.7. The Morgan fingerprint density at radius 2 is 1.65 bits per heavy atom. The van der Waals surface area contributed by atoms with Crippen LogP contribution in [0.15, 0.2) is 54.6 Å². The number of nitrogens with one attached hydrogen (secondary N) is 2. The molecule has 0 saturated carbocycles. The van der Waals surface area contributed by atoms with E-state index in [2.05, 4.69) is 41.8 Å². The number of para-hydroxylation sites is 1. The lowest BCUT2D eigenvalue weighted by Gasteiger charge is -2.09. The monoisotopic (exact) mass is 312 g/mol. The highest BCUT2D eigenvalue weighted by atomic mass is 16.5. The van der Waals surface area contributed by atoms with Crippen LogP contribution in [0.25, 0.3) is 0 Å². The van der Waals surface area contributed by atoms with E-state index in [1.165, 1.54) is 11.1 Å². The molecule has 2 N–H and O–H groups in total. The molecule has 0 saturated heterocycles. The van der Waals surface area contributed by atoms with Crippen LogP contribution in [0.2, 0.25) is 0 Å². The van der Waals surface area contributed by atoms with Gasteiger partial charge in [0.15, 0.2) is 0 Å². The average Bonchev–Trinajstić information content (AvgIpc) is 2.57. The lowest BCUT2D eigenvalue weighted by atomic mass is 10.1. The van der Waals surface area contributed by atoms with Gasteiger partial charge in [0.05, 0.1) is 6.61 Å². The van der Waals surface area contributed by atoms with Gasteiger partial charge in [0.25, 0.3) is 0 Å². The Bertz CT molecular complexity index is 582. The van der Waals surface area contributed by atoms with Crippen LogP contribution in [0.1, 0.15) is 17.5 Å². The van der Waals surface area contributed by atoms with Gasteiger partial charge in [0.2, 0.25) is 0 Å². The van der Waals surface area contributed by atoms with Gasteiger partial charge in [-0.15, -0.1) is 0 Å². The van der Waals surface area contributed by atoms with E-state index in [4.69, 9.17) is 4.74 Å². The lowest BCUT2D eigenvalue weighted by Crippen LogP contribution is -2.37. The van der Waals surface area contributed by atoms with Crippen LogP contribution >= 0.6 is 0 Å². The molecule has 0 aliphatic rings. The Hall–Kier alpha value is -2.49. The number of hydrogen-bond acceptors (Lipinski definition) is 2. The number of amides is 2. The topological polar surface area (TPSA) is 50.4 Å². The molecule has 0 spiro atoms. The van der Waals surface area contributed by atoms with Crippen molar-refractivity contribution in [2.45, 2.75) is 19.8 Å². The summed E-state index contributed by atoms with van der Waals surface area (Å²) >= 11 is 0. The number of rotatable bonds is 8. The Morgan fingerprint density at radius 3 is 2.39 bits per heavy atom. The standard InChI is InChI=1S/C19H24N2O2/c1-16-8-10-17(11-9-16)12-14-21-19(22)20-13-5-15-23-18-6-3-2-4-7-18/h2-4,6-11H,5,12-15H2,1H3,(H2,20,21,22). The van der Waals surface area contributed by atoms with E-state index < -0.39 is 0 Å². The van der Waals surface area contributed by atoms with E-state index in [9.17, 15) is 4.79 Å². The fourth-order valence-electron chi connectivity index (χ4n) is 2.12. The molecule has 0 heterocycles. The highest BCUT2D eigenvalue weighted by Crippen LogP contribution is 2.08. The van der Waals surface area contributed by atoms with Crippen LogP contribution in [0.3, 0.4) is 0 Å². The van der Waals surface area contributed by atoms with Crippen molar-refractivity contribution in [2.24, 2.45) is 0 Å². The second-order valence-corrected chi connectivity index (χ2v) is 5.43. The van der Waals surface area contributed by atoms with Crippen molar-refractivity contribution < 1.29 is 9.53 Å². The first kappa shape index (κ1) is 16.9. The maximum Gasteiger partial charge on any atom is 0.314 e. The summed E-state index contributed by atoms with van der Waals surface area (Å²) in [6.45, 7) is 3.89. The quantitative estimate of drug-likeness (QED) is 0.735. The number of urea groups is 1. The van der Waals surface area contributed by atoms with Gasteiger partial charge < -0.3 is 15.4 Å². The number of ether oxygens (including phenoxy) is 1. The van der Waals surface area contributed by atoms with Crippen molar-refractivity contribution in [2.75, 3.05) is 19.7 Å². The maximum atomic E-state index is 11.7. The van der Waals surface area contributed by atoms with Crippen molar-refractivity contribution in [1.82, 2.24) is 10.6 Å². The molecule has 0 bridgehead atoms. The summed E-state index contributed by atoms with van der Waals surface area (Å²) in [5.41, 5.74) is 2.48. The molecule has 0 atom stereocenters. The number of carbonyl (C=O) groups is 1. The van der Waals surface area contributed by atoms with Gasteiger partial charge in [-0.25, -0.2) is 4.79 Å². The smallest absolute Gasteiger partial charge is 0.314 e. The van der Waals surface area contributed by atoms with E-state index in [1.807, 2.05) is 30.3 Å². The van der Waals surface area contributed by atoms with Gasteiger partial charge in [-0.1, -0.05) is 48.0 Å². The van der Waals surface area contributed by atoms with E-state index in [0.29, 0.717) is 19.7 Å². The zero-order valence-electron chi connectivity index (χ0n) is 13.5. The molecule has 0 aliphatic carbocycles. The van der Waals surface area contributed by atoms with Crippen LogP contribution in [0.4, 0.5) is 4.79 Å². The minimum atomic E-state index is -0.128. The van der Waals surface area contributed by atoms with Crippen LogP contribution in [-0.4, -0.2) is 25.7 Å². The second kappa shape index (κ2) is 9.51. The Labute approximate surface area is 137 Å². The molecule has 0 fully saturated rings. The minimum absolute atomic E-state index is 0.128. The van der Waals surface area contributed by atoms with Gasteiger partial charge in [0.1, 0.15) is 5.75 Å². The fourth-order valence-corrected chi connectivity index (χ4v) is 2.12. The number of aryl methyl sites for hydroxylation is 1. The van der Waals surface area contributed by atoms with Gasteiger partial charge in [-0.2, -0.15) is 0 Å². The van der Waals surface area contributed by atoms with Crippen molar-refractivity contribution in [3.05, 3.63) is 65.7 Å². The Kier molecular flexibility index (Phi) is 6.98. The van der Waals surface area contributed by atoms with Crippen LogP contribution < -0.4 is 15.4 Å². The van der Waals surface area contributed by atoms with Crippen molar-refractivity contribution in [3.63, 3.8) is 0 Å². The zero-order valence-corrected chi connectivity index (χ0v) is 13.5. The third-order valence-electron chi connectivity index (χ3n) is 3.44. The van der Waals surface area contributed by atoms with Crippen molar-refractivity contribution in [1.29, 1.82) is 0 Å². The molecule has 4 nitrogen and oxygen atoms in total. The summed E-state index contributed by atoms with van der Waals surface area (Å²) in [5, 5.41) is 5.70. The summed E-state index contributed by atoms with van der Waals surface area (Å²) in [5.74, 6) is 0.857. The van der Waals surface area contributed by atoms with E-state index in [0.717, 1.165) is 18.6 Å². The first-order valence-corrected chi connectivity index (χ1v) is 7.99. The van der Waals surface area contributed by atoms with Gasteiger partial charge >= 0.3 is 6.03 Å². The van der Waals surface area contributed by atoms with E-state index >= 15 is 0 Å². The number of benzene rings is 2. The summed E-state index contributed by atoms with van der Waals surface area (Å²) in [6, 6.07) is 17.9. The minimum Gasteiger partial charge on any atom is -0.494 e. The Morgan fingerprint density at radius 1 is 0.957 bits per heavy atom. The van der Waals surface area contributed by atoms with Crippen LogP contribution in [-0.2, 0) is 6.42 Å². The summed E-state index contributed by atoms with van der Waals surface area (Å²) in [4.78, 5) is 11.7. The third-order valence-corrected chi connectivity index (χ3v) is 3.44. The molecular formula is C19H24N2O2. The fraction of sp³-hybridized carbons (Fsp3) is 0.316. The first-order valence-electron chi connectivity index (χ1n) is 7.99. The van der Waals surface area contributed by atoms with Crippen LogP contribution in [0, 0.1) is 6.92 Å². The Balaban J connectivity index is 1.51. The number of hydrogen-bond donors (Lipinski definition) is 2. The molecule has 2 rings (SSSR count). The largest absolute Gasteiger partial charge is 0.494 e. The van der Waals surface area contributed by atoms with Gasteiger partial charge in [0, 0.05) is 13.1 Å². The predicted molar refractivity (Wildman–Crippen MR) is 92.8 cm³/mol. The molecule has 0 aliphatic heterocycles. The first-order chi connectivity index (χ1) is 11.2. The molecule has 4 heteroatoms. The molecule has 0 aromatic heterocycles. The average molecular weight is 312 g/mol.